The number of hydrogen-bond acceptors (Lipinski definition) is 0. The Kier molecular flexibility index (Phi) is 7.47. The summed E-state index contributed by atoms with van der Waals surface area (Å²) in [4.78, 5) is 0. The van der Waals surface area contributed by atoms with Gasteiger partial charge in [0.25, 0.3) is 0 Å². The maximum Gasteiger partial charge on any atom is -1.00 e. The van der Waals surface area contributed by atoms with Crippen LogP contribution < -0.4 is 24.8 Å². The second kappa shape index (κ2) is 9.39. The van der Waals surface area contributed by atoms with Crippen LogP contribution in [0.2, 0.25) is 6.75 Å². The Balaban J connectivity index is 0.00000168. The van der Waals surface area contributed by atoms with Gasteiger partial charge in [0.1, 0.15) is 0 Å². The Hall–Kier alpha value is -0.747. The van der Waals surface area contributed by atoms with Crippen LogP contribution >= 0.6 is 0 Å². The molecule has 0 aliphatic heterocycles. The van der Waals surface area contributed by atoms with Gasteiger partial charge in [-0.05, 0) is 0 Å². The van der Waals surface area contributed by atoms with Gasteiger partial charge < -0.3 is 24.8 Å². The molecule has 0 amide bonds. The fourth-order valence-electron chi connectivity index (χ4n) is 9.49. The van der Waals surface area contributed by atoms with Gasteiger partial charge in [-0.25, -0.2) is 0 Å². The molecule has 0 nitrogen and oxygen atoms in total. The van der Waals surface area contributed by atoms with Crippen LogP contribution in [-0.4, -0.2) is 4.21 Å². The maximum absolute atomic E-state index is 5.24. The van der Waals surface area contributed by atoms with Crippen molar-refractivity contribution in [3.63, 3.8) is 0 Å². The molecular weight excluding hydrogens is 583 g/mol. The Labute approximate surface area is 251 Å². The molecule has 1 fully saturated rings. The van der Waals surface area contributed by atoms with Crippen LogP contribution in [-0.2, 0) is 27.7 Å². The molecule has 5 aliphatic rings. The van der Waals surface area contributed by atoms with Crippen molar-refractivity contribution in [1.29, 1.82) is 0 Å². The average Bonchev–Trinajstić information content (AvgIpc) is 3.50. The molecule has 1 aromatic carbocycles. The molecule has 0 saturated heterocycles. The third kappa shape index (κ3) is 3.28. The SMILES string of the molecule is [CH2]=[Zr+2]([CH]1C=CC=C1)[C]1(C)C2=C3Cc4ccccc4C3=C3C=CCCC3C2(C)C(C)(C)C(C)(C)C1(C)C.[Cl-].[Cl-]. The summed E-state index contributed by atoms with van der Waals surface area (Å²) in [5.41, 5.74) is 10.3. The molecule has 0 heterocycles. The van der Waals surface area contributed by atoms with Crippen molar-refractivity contribution in [3.05, 3.63) is 88.6 Å². The first-order chi connectivity index (χ1) is 16.8. The number of halogens is 2. The fraction of sp³-hybridized carbons (Fsp3) is 0.514. The van der Waals surface area contributed by atoms with Gasteiger partial charge >= 0.3 is 229 Å². The van der Waals surface area contributed by atoms with E-state index >= 15 is 0 Å². The monoisotopic (exact) mass is 624 g/mol. The van der Waals surface area contributed by atoms with Crippen molar-refractivity contribution in [2.75, 3.05) is 0 Å². The van der Waals surface area contributed by atoms with Crippen molar-refractivity contribution in [3.8, 4) is 0 Å². The van der Waals surface area contributed by atoms with Crippen molar-refractivity contribution >= 4 is 9.78 Å². The Morgan fingerprint density at radius 2 is 1.47 bits per heavy atom. The minimum atomic E-state index is -2.34. The largest absolute Gasteiger partial charge is 1.00 e. The third-order valence-electron chi connectivity index (χ3n) is 13.0. The molecule has 0 spiro atoms. The minimum Gasteiger partial charge on any atom is -1.00 e. The van der Waals surface area contributed by atoms with E-state index in [0.717, 1.165) is 6.42 Å². The van der Waals surface area contributed by atoms with Gasteiger partial charge in [-0.3, -0.25) is 0 Å². The third-order valence-corrected chi connectivity index (χ3v) is 21.3. The Bertz CT molecular complexity index is 1340. The van der Waals surface area contributed by atoms with Gasteiger partial charge in [0.05, 0.1) is 0 Å². The summed E-state index contributed by atoms with van der Waals surface area (Å²) >= 11 is -2.34. The summed E-state index contributed by atoms with van der Waals surface area (Å²) in [6.45, 7) is 21.1. The normalized spacial score (nSPS) is 32.9. The summed E-state index contributed by atoms with van der Waals surface area (Å²) in [6.07, 6.45) is 18.1. The van der Waals surface area contributed by atoms with E-state index in [0.29, 0.717) is 9.54 Å². The van der Waals surface area contributed by atoms with E-state index in [2.05, 4.69) is 116 Å². The first-order valence-corrected chi connectivity index (χ1v) is 18.5. The fourth-order valence-corrected chi connectivity index (χ4v) is 17.4. The molecule has 6 rings (SSSR count). The van der Waals surface area contributed by atoms with Crippen LogP contribution in [0.5, 0.6) is 0 Å². The van der Waals surface area contributed by atoms with Crippen LogP contribution in [0.1, 0.15) is 79.4 Å². The summed E-state index contributed by atoms with van der Waals surface area (Å²) in [5, 5.41) is 0. The zero-order valence-corrected chi connectivity index (χ0v) is 28.5. The zero-order valence-electron chi connectivity index (χ0n) is 24.5. The number of hydrogen-bond donors (Lipinski definition) is 0. The molecule has 0 N–H and O–H groups in total. The van der Waals surface area contributed by atoms with Gasteiger partial charge in [0.2, 0.25) is 0 Å². The maximum atomic E-state index is 5.24. The molecule has 3 unspecified atom stereocenters. The molecule has 202 valence electrons. The first kappa shape index (κ1) is 30.2. The van der Waals surface area contributed by atoms with Crippen LogP contribution in [0.25, 0.3) is 5.57 Å². The minimum absolute atomic E-state index is 0. The van der Waals surface area contributed by atoms with Crippen molar-refractivity contribution < 1.29 is 46.1 Å². The molecule has 3 atom stereocenters. The van der Waals surface area contributed by atoms with Gasteiger partial charge in [-0.2, -0.15) is 0 Å². The molecule has 1 saturated carbocycles. The van der Waals surface area contributed by atoms with Gasteiger partial charge in [0.15, 0.2) is 0 Å². The van der Waals surface area contributed by atoms with E-state index in [1.807, 2.05) is 5.57 Å². The zero-order chi connectivity index (χ0) is 25.9. The molecule has 0 bridgehead atoms. The van der Waals surface area contributed by atoms with Crippen LogP contribution in [0.3, 0.4) is 0 Å². The number of rotatable bonds is 2. The molecule has 1 aromatic rings. The Morgan fingerprint density at radius 1 is 0.842 bits per heavy atom. The molecule has 3 heteroatoms. The topological polar surface area (TPSA) is 0 Å². The molecule has 0 radical (unpaired) electrons. The van der Waals surface area contributed by atoms with E-state index in [1.165, 1.54) is 24.0 Å². The average molecular weight is 627 g/mol. The van der Waals surface area contributed by atoms with Gasteiger partial charge in [-0.15, -0.1) is 0 Å². The summed E-state index contributed by atoms with van der Waals surface area (Å²) in [7, 11) is 0. The van der Waals surface area contributed by atoms with Crippen molar-refractivity contribution in [2.24, 2.45) is 27.6 Å². The van der Waals surface area contributed by atoms with Crippen LogP contribution in [0.4, 0.5) is 0 Å². The number of fused-ring (bicyclic) bond motifs is 6. The van der Waals surface area contributed by atoms with E-state index in [-0.39, 0.29) is 49.6 Å². The van der Waals surface area contributed by atoms with E-state index in [1.54, 1.807) is 16.7 Å². The van der Waals surface area contributed by atoms with E-state index in [4.69, 9.17) is 4.21 Å². The molecule has 5 aliphatic carbocycles. The Morgan fingerprint density at radius 3 is 2.13 bits per heavy atom. The standard InChI is InChI=1S/C29H37.C5H5.CH2.2ClH.Zr/c1-18-25-22-17-19-13-9-10-14-20(19)24(22)21-15-11-12-16-23(21)29(25,8)28(6,7)27(4,5)26(18,2)3;1-2-4-5-3-1;;;;/h9-11,13-15,23H,12,16-17H2,1-8H3;1-5H;1H2;2*1H;/q;;;;;+2/p-2. The van der Waals surface area contributed by atoms with Crippen LogP contribution in [0.15, 0.2) is 77.4 Å². The molecule has 0 aromatic heterocycles. The molecular formula is C35H44Cl2Zr. The summed E-state index contributed by atoms with van der Waals surface area (Å²) in [5.74, 6) is 0.568. The van der Waals surface area contributed by atoms with E-state index in [9.17, 15) is 0 Å². The summed E-state index contributed by atoms with van der Waals surface area (Å²) in [6, 6.07) is 9.29. The second-order valence-electron chi connectivity index (χ2n) is 14.1. The second-order valence-corrected chi connectivity index (χ2v) is 20.8. The predicted octanol–water partition coefficient (Wildman–Crippen LogP) is 3.52. The quantitative estimate of drug-likeness (QED) is 0.472. The van der Waals surface area contributed by atoms with Gasteiger partial charge in [-0.1, -0.05) is 0 Å². The first-order valence-electron chi connectivity index (χ1n) is 14.1. The van der Waals surface area contributed by atoms with Crippen molar-refractivity contribution in [2.45, 2.75) is 81.4 Å². The number of allylic oxidation sites excluding steroid dienone is 10. The van der Waals surface area contributed by atoms with Crippen molar-refractivity contribution in [1.82, 2.24) is 0 Å². The van der Waals surface area contributed by atoms with Gasteiger partial charge in [0, 0.05) is 0 Å². The smallest absolute Gasteiger partial charge is 1.00 e. The van der Waals surface area contributed by atoms with E-state index < -0.39 is 21.3 Å². The molecule has 38 heavy (non-hydrogen) atoms. The summed E-state index contributed by atoms with van der Waals surface area (Å²) < 4.78 is 5.96. The number of benzene rings is 1. The van der Waals surface area contributed by atoms with Crippen LogP contribution in [0, 0.1) is 27.6 Å². The predicted molar refractivity (Wildman–Crippen MR) is 153 cm³/mol.